The van der Waals surface area contributed by atoms with E-state index in [9.17, 15) is 22.8 Å². The summed E-state index contributed by atoms with van der Waals surface area (Å²) in [6.45, 7) is 0.943. The van der Waals surface area contributed by atoms with Crippen LogP contribution in [0.1, 0.15) is 31.2 Å². The van der Waals surface area contributed by atoms with Gasteiger partial charge in [-0.15, -0.1) is 0 Å². The van der Waals surface area contributed by atoms with Crippen molar-refractivity contribution in [2.75, 3.05) is 18.4 Å². The molecule has 0 aromatic heterocycles. The lowest BCUT2D eigenvalue weighted by Crippen LogP contribution is -2.46. The normalized spacial score (nSPS) is 18.8. The molecule has 1 heterocycles. The molecule has 0 atom stereocenters. The monoisotopic (exact) mass is 355 g/mol. The molecule has 1 saturated carbocycles. The number of nitrogens with one attached hydrogen (secondary N) is 2. The second kappa shape index (κ2) is 6.93. The molecular weight excluding hydrogens is 335 g/mol. The Morgan fingerprint density at radius 1 is 1.08 bits per heavy atom. The molecule has 1 aliphatic carbocycles. The first-order valence-corrected chi connectivity index (χ1v) is 8.36. The largest absolute Gasteiger partial charge is 0.416 e. The van der Waals surface area contributed by atoms with Gasteiger partial charge in [0.05, 0.1) is 5.56 Å². The number of hydrogen-bond acceptors (Lipinski definition) is 2. The molecule has 2 aliphatic rings. The fourth-order valence-electron chi connectivity index (χ4n) is 2.86. The number of benzene rings is 1. The van der Waals surface area contributed by atoms with Crippen molar-refractivity contribution in [3.63, 3.8) is 0 Å². The number of urea groups is 1. The number of amides is 3. The zero-order valence-corrected chi connectivity index (χ0v) is 13.6. The Labute approximate surface area is 143 Å². The molecule has 1 aromatic rings. The van der Waals surface area contributed by atoms with Gasteiger partial charge in [-0.2, -0.15) is 13.2 Å². The lowest BCUT2D eigenvalue weighted by Gasteiger charge is -2.31. The van der Waals surface area contributed by atoms with Gasteiger partial charge in [0.15, 0.2) is 0 Å². The van der Waals surface area contributed by atoms with Gasteiger partial charge in [0.2, 0.25) is 5.91 Å². The summed E-state index contributed by atoms with van der Waals surface area (Å²) in [7, 11) is 0. The van der Waals surface area contributed by atoms with Crippen LogP contribution in [0.3, 0.4) is 0 Å². The van der Waals surface area contributed by atoms with Gasteiger partial charge in [-0.05, 0) is 43.9 Å². The van der Waals surface area contributed by atoms with Crippen molar-refractivity contribution in [3.8, 4) is 0 Å². The molecule has 1 aliphatic heterocycles. The molecule has 5 nitrogen and oxygen atoms in total. The third kappa shape index (κ3) is 4.64. The van der Waals surface area contributed by atoms with Crippen molar-refractivity contribution < 1.29 is 22.8 Å². The van der Waals surface area contributed by atoms with Crippen molar-refractivity contribution in [2.45, 2.75) is 37.9 Å². The maximum atomic E-state index is 12.7. The predicted octanol–water partition coefficient (Wildman–Crippen LogP) is 3.23. The minimum Gasteiger partial charge on any atom is -0.335 e. The van der Waals surface area contributed by atoms with Crippen LogP contribution in [0.15, 0.2) is 24.3 Å². The predicted molar refractivity (Wildman–Crippen MR) is 85.9 cm³/mol. The molecule has 2 N–H and O–H groups in total. The Hall–Kier alpha value is -2.25. The van der Waals surface area contributed by atoms with Crippen molar-refractivity contribution in [2.24, 2.45) is 5.92 Å². The number of piperidine rings is 1. The zero-order chi connectivity index (χ0) is 18.0. The number of rotatable bonds is 3. The SMILES string of the molecule is O=C(Nc1cccc(C(F)(F)F)c1)C1CCN(C(=O)NC2CC2)CC1. The van der Waals surface area contributed by atoms with E-state index in [0.717, 1.165) is 25.0 Å². The van der Waals surface area contributed by atoms with Crippen LogP contribution in [0, 0.1) is 5.92 Å². The maximum Gasteiger partial charge on any atom is 0.416 e. The topological polar surface area (TPSA) is 61.4 Å². The molecule has 0 unspecified atom stereocenters. The zero-order valence-electron chi connectivity index (χ0n) is 13.6. The van der Waals surface area contributed by atoms with Crippen LogP contribution in [0.2, 0.25) is 0 Å². The van der Waals surface area contributed by atoms with Gasteiger partial charge >= 0.3 is 12.2 Å². The Morgan fingerprint density at radius 2 is 1.76 bits per heavy atom. The standard InChI is InChI=1S/C17H20F3N3O2/c18-17(19,20)12-2-1-3-14(10-12)21-15(24)11-6-8-23(9-7-11)16(25)22-13-4-5-13/h1-3,10-11,13H,4-9H2,(H,21,24)(H,22,25). The van der Waals surface area contributed by atoms with Crippen LogP contribution in [0.5, 0.6) is 0 Å². The summed E-state index contributed by atoms with van der Waals surface area (Å²) in [6.07, 6.45) is -1.41. The van der Waals surface area contributed by atoms with Crippen molar-refractivity contribution >= 4 is 17.6 Å². The first-order valence-electron chi connectivity index (χ1n) is 8.36. The summed E-state index contributed by atoms with van der Waals surface area (Å²) in [5, 5.41) is 5.46. The first-order chi connectivity index (χ1) is 11.8. The fraction of sp³-hybridized carbons (Fsp3) is 0.529. The fourth-order valence-corrected chi connectivity index (χ4v) is 2.86. The minimum absolute atomic E-state index is 0.0979. The Morgan fingerprint density at radius 3 is 2.36 bits per heavy atom. The van der Waals surface area contributed by atoms with Gasteiger partial charge in [0.1, 0.15) is 0 Å². The number of carbonyl (C=O) groups excluding carboxylic acids is 2. The third-order valence-electron chi connectivity index (χ3n) is 4.52. The van der Waals surface area contributed by atoms with Crippen molar-refractivity contribution in [3.05, 3.63) is 29.8 Å². The molecule has 3 amide bonds. The van der Waals surface area contributed by atoms with Gasteiger partial charge in [0, 0.05) is 30.7 Å². The quantitative estimate of drug-likeness (QED) is 0.875. The van der Waals surface area contributed by atoms with Crippen LogP contribution in [0.25, 0.3) is 0 Å². The number of alkyl halides is 3. The van der Waals surface area contributed by atoms with E-state index >= 15 is 0 Å². The van der Waals surface area contributed by atoms with Crippen LogP contribution in [-0.4, -0.2) is 36.0 Å². The third-order valence-corrected chi connectivity index (χ3v) is 4.52. The second-order valence-electron chi connectivity index (χ2n) is 6.55. The molecule has 2 fully saturated rings. The van der Waals surface area contributed by atoms with Crippen LogP contribution in [-0.2, 0) is 11.0 Å². The molecule has 0 bridgehead atoms. The summed E-state index contributed by atoms with van der Waals surface area (Å²) in [5.41, 5.74) is -0.661. The number of halogens is 3. The van der Waals surface area contributed by atoms with Gasteiger partial charge in [0.25, 0.3) is 0 Å². The molecule has 1 aromatic carbocycles. The van der Waals surface area contributed by atoms with E-state index in [1.807, 2.05) is 0 Å². The summed E-state index contributed by atoms with van der Waals surface area (Å²) in [5.74, 6) is -0.610. The van der Waals surface area contributed by atoms with E-state index in [1.165, 1.54) is 12.1 Å². The van der Waals surface area contributed by atoms with Crippen LogP contribution < -0.4 is 10.6 Å². The van der Waals surface area contributed by atoms with Crippen molar-refractivity contribution in [1.82, 2.24) is 10.2 Å². The van der Waals surface area contributed by atoms with Crippen LogP contribution in [0.4, 0.5) is 23.7 Å². The molecule has 0 spiro atoms. The minimum atomic E-state index is -4.44. The highest BCUT2D eigenvalue weighted by Crippen LogP contribution is 2.31. The van der Waals surface area contributed by atoms with E-state index < -0.39 is 11.7 Å². The van der Waals surface area contributed by atoms with E-state index in [4.69, 9.17) is 0 Å². The highest BCUT2D eigenvalue weighted by molar-refractivity contribution is 5.92. The summed E-state index contributed by atoms with van der Waals surface area (Å²) < 4.78 is 38.2. The molecular formula is C17H20F3N3O2. The smallest absolute Gasteiger partial charge is 0.335 e. The molecule has 0 radical (unpaired) electrons. The highest BCUT2D eigenvalue weighted by atomic mass is 19.4. The summed E-state index contributed by atoms with van der Waals surface area (Å²) in [4.78, 5) is 25.9. The Bertz CT molecular complexity index is 651. The first kappa shape index (κ1) is 17.6. The number of nitrogens with zero attached hydrogens (tertiary/aromatic N) is 1. The van der Waals surface area contributed by atoms with E-state index in [2.05, 4.69) is 10.6 Å². The lowest BCUT2D eigenvalue weighted by molar-refractivity contribution is -0.137. The molecule has 1 saturated heterocycles. The van der Waals surface area contributed by atoms with Gasteiger partial charge < -0.3 is 15.5 Å². The number of anilines is 1. The highest BCUT2D eigenvalue weighted by Gasteiger charge is 2.32. The second-order valence-corrected chi connectivity index (χ2v) is 6.55. The Balaban J connectivity index is 1.52. The average molecular weight is 355 g/mol. The van der Waals surface area contributed by atoms with Gasteiger partial charge in [-0.25, -0.2) is 4.79 Å². The Kier molecular flexibility index (Phi) is 4.87. The number of likely N-dealkylation sites (tertiary alicyclic amines) is 1. The van der Waals surface area contributed by atoms with E-state index in [-0.39, 0.29) is 29.6 Å². The number of hydrogen-bond donors (Lipinski definition) is 2. The average Bonchev–Trinajstić information content (AvgIpc) is 3.38. The maximum absolute atomic E-state index is 12.7. The molecule has 3 rings (SSSR count). The van der Waals surface area contributed by atoms with Gasteiger partial charge in [-0.3, -0.25) is 4.79 Å². The van der Waals surface area contributed by atoms with Crippen LogP contribution >= 0.6 is 0 Å². The van der Waals surface area contributed by atoms with E-state index in [1.54, 1.807) is 4.90 Å². The molecule has 136 valence electrons. The lowest BCUT2D eigenvalue weighted by atomic mass is 9.96. The molecule has 25 heavy (non-hydrogen) atoms. The van der Waals surface area contributed by atoms with Crippen molar-refractivity contribution in [1.29, 1.82) is 0 Å². The molecule has 8 heteroatoms. The van der Waals surface area contributed by atoms with Gasteiger partial charge in [-0.1, -0.05) is 6.07 Å². The summed E-state index contributed by atoms with van der Waals surface area (Å²) in [6, 6.07) is 4.78. The number of carbonyl (C=O) groups is 2. The summed E-state index contributed by atoms with van der Waals surface area (Å²) >= 11 is 0. The van der Waals surface area contributed by atoms with E-state index in [0.29, 0.717) is 25.9 Å².